The number of amides is 1. The van der Waals surface area contributed by atoms with Crippen LogP contribution in [-0.2, 0) is 19.0 Å². The molecule has 160 valence electrons. The van der Waals surface area contributed by atoms with Crippen LogP contribution >= 0.6 is 0 Å². The van der Waals surface area contributed by atoms with Gasteiger partial charge in [0.15, 0.2) is 0 Å². The fraction of sp³-hybridized carbons (Fsp3) is 0.269. The van der Waals surface area contributed by atoms with Crippen LogP contribution in [0.3, 0.4) is 0 Å². The van der Waals surface area contributed by atoms with Gasteiger partial charge in [-0.05, 0) is 49.1 Å². The van der Waals surface area contributed by atoms with E-state index in [0.29, 0.717) is 5.69 Å². The van der Waals surface area contributed by atoms with Crippen molar-refractivity contribution in [1.29, 1.82) is 0 Å². The van der Waals surface area contributed by atoms with E-state index in [0.717, 1.165) is 53.0 Å². The molecule has 2 aliphatic rings. The molecule has 32 heavy (non-hydrogen) atoms. The zero-order chi connectivity index (χ0) is 22.0. The number of rotatable bonds is 3. The first-order chi connectivity index (χ1) is 15.5. The molecule has 0 saturated heterocycles. The minimum atomic E-state index is -0.209. The van der Waals surface area contributed by atoms with Gasteiger partial charge in [0, 0.05) is 55.1 Å². The average molecular weight is 424 g/mol. The highest BCUT2D eigenvalue weighted by atomic mass is 16.2. The average Bonchev–Trinajstić information content (AvgIpc) is 3.34. The Morgan fingerprint density at radius 2 is 1.84 bits per heavy atom. The van der Waals surface area contributed by atoms with Crippen LogP contribution in [0.15, 0.2) is 61.1 Å². The predicted molar refractivity (Wildman–Crippen MR) is 124 cm³/mol. The quantitative estimate of drug-likeness (QED) is 0.485. The van der Waals surface area contributed by atoms with Crippen LogP contribution in [0, 0.1) is 0 Å². The zero-order valence-electron chi connectivity index (χ0n) is 18.5. The third-order valence-electron chi connectivity index (χ3n) is 7.12. The van der Waals surface area contributed by atoms with Gasteiger partial charge in [-0.2, -0.15) is 5.10 Å². The van der Waals surface area contributed by atoms with Crippen LogP contribution in [0.4, 0.5) is 0 Å². The molecule has 1 aliphatic heterocycles. The summed E-state index contributed by atoms with van der Waals surface area (Å²) in [5.74, 6) is 0.0595. The number of hydrogen-bond acceptors (Lipinski definition) is 3. The van der Waals surface area contributed by atoms with Crippen LogP contribution in [0.2, 0.25) is 0 Å². The van der Waals surface area contributed by atoms with E-state index < -0.39 is 0 Å². The van der Waals surface area contributed by atoms with Gasteiger partial charge in [0.05, 0.1) is 16.9 Å². The molecule has 0 bridgehead atoms. The van der Waals surface area contributed by atoms with Crippen molar-refractivity contribution in [3.63, 3.8) is 0 Å². The summed E-state index contributed by atoms with van der Waals surface area (Å²) in [4.78, 5) is 20.1. The van der Waals surface area contributed by atoms with Crippen LogP contribution in [0.5, 0.6) is 0 Å². The second-order valence-corrected chi connectivity index (χ2v) is 8.80. The molecule has 1 aromatic carbocycles. The summed E-state index contributed by atoms with van der Waals surface area (Å²) >= 11 is 0. The molecule has 3 aromatic heterocycles. The van der Waals surface area contributed by atoms with E-state index in [4.69, 9.17) is 0 Å². The van der Waals surface area contributed by atoms with Crippen molar-refractivity contribution >= 4 is 5.91 Å². The molecule has 1 saturated carbocycles. The van der Waals surface area contributed by atoms with Crippen LogP contribution < -0.4 is 0 Å². The molecule has 1 aliphatic carbocycles. The van der Waals surface area contributed by atoms with Gasteiger partial charge >= 0.3 is 0 Å². The van der Waals surface area contributed by atoms with Crippen molar-refractivity contribution in [1.82, 2.24) is 24.2 Å². The Kier molecular flexibility index (Phi) is 3.97. The number of aryl methyl sites for hydroxylation is 2. The Balaban J connectivity index is 1.61. The number of fused-ring (bicyclic) bond motifs is 4. The van der Waals surface area contributed by atoms with E-state index in [-0.39, 0.29) is 11.4 Å². The van der Waals surface area contributed by atoms with Crippen molar-refractivity contribution in [3.05, 3.63) is 78.0 Å². The first-order valence-electron chi connectivity index (χ1n) is 11.1. The van der Waals surface area contributed by atoms with E-state index in [9.17, 15) is 4.79 Å². The number of carbonyl (C=O) groups excluding carboxylic acids is 1. The van der Waals surface area contributed by atoms with Crippen LogP contribution in [0.25, 0.3) is 28.1 Å². The maximum atomic E-state index is 13.6. The van der Waals surface area contributed by atoms with E-state index in [2.05, 4.69) is 52.0 Å². The minimum absolute atomic E-state index is 0.0595. The molecular weight excluding hydrogens is 398 g/mol. The van der Waals surface area contributed by atoms with Crippen molar-refractivity contribution in [2.45, 2.75) is 31.7 Å². The third kappa shape index (κ3) is 2.55. The highest BCUT2D eigenvalue weighted by molar-refractivity contribution is 5.97. The largest absolute Gasteiger partial charge is 0.331 e. The smallest absolute Gasteiger partial charge is 0.271 e. The number of aromatic nitrogens is 4. The number of benzene rings is 1. The van der Waals surface area contributed by atoms with Gasteiger partial charge in [0.25, 0.3) is 5.91 Å². The molecule has 6 rings (SSSR count). The molecule has 1 fully saturated rings. The summed E-state index contributed by atoms with van der Waals surface area (Å²) in [5, 5.41) is 4.31. The Labute approximate surface area is 187 Å². The van der Waals surface area contributed by atoms with Gasteiger partial charge in [0.1, 0.15) is 5.69 Å². The van der Waals surface area contributed by atoms with Crippen molar-refractivity contribution in [2.75, 3.05) is 7.05 Å². The molecule has 1 spiro atoms. The summed E-state index contributed by atoms with van der Waals surface area (Å²) in [6.07, 6.45) is 8.57. The summed E-state index contributed by atoms with van der Waals surface area (Å²) in [7, 11) is 3.86. The first-order valence-corrected chi connectivity index (χ1v) is 11.1. The molecule has 1 amide bonds. The lowest BCUT2D eigenvalue weighted by Crippen LogP contribution is -2.36. The van der Waals surface area contributed by atoms with Gasteiger partial charge < -0.3 is 9.47 Å². The SMILES string of the molecule is CCc1ncccc1-c1ccc2c(c1)-n1cc(-c3ccnn3C)cc1C(=O)N(C)C21CC1. The normalized spacial score (nSPS) is 16.1. The first kappa shape index (κ1) is 19.0. The van der Waals surface area contributed by atoms with E-state index in [1.165, 1.54) is 5.56 Å². The van der Waals surface area contributed by atoms with E-state index >= 15 is 0 Å². The van der Waals surface area contributed by atoms with Gasteiger partial charge in [-0.15, -0.1) is 0 Å². The number of carbonyl (C=O) groups is 1. The number of hydrogen-bond donors (Lipinski definition) is 0. The van der Waals surface area contributed by atoms with Gasteiger partial charge in [0.2, 0.25) is 0 Å². The molecular formula is C26H25N5O. The van der Waals surface area contributed by atoms with Crippen molar-refractivity contribution in [3.8, 4) is 28.1 Å². The number of nitrogens with zero attached hydrogens (tertiary/aromatic N) is 5. The molecule has 0 N–H and O–H groups in total. The van der Waals surface area contributed by atoms with Gasteiger partial charge in [-0.1, -0.05) is 25.1 Å². The highest BCUT2D eigenvalue weighted by Crippen LogP contribution is 2.54. The second-order valence-electron chi connectivity index (χ2n) is 8.80. The highest BCUT2D eigenvalue weighted by Gasteiger charge is 2.53. The topological polar surface area (TPSA) is 56.0 Å². The summed E-state index contributed by atoms with van der Waals surface area (Å²) in [6, 6.07) is 14.7. The Morgan fingerprint density at radius 3 is 2.56 bits per heavy atom. The lowest BCUT2D eigenvalue weighted by Gasteiger charge is -2.27. The Morgan fingerprint density at radius 1 is 1.00 bits per heavy atom. The van der Waals surface area contributed by atoms with E-state index in [1.54, 1.807) is 6.20 Å². The van der Waals surface area contributed by atoms with Crippen LogP contribution in [0.1, 0.15) is 41.5 Å². The minimum Gasteiger partial charge on any atom is -0.331 e. The van der Waals surface area contributed by atoms with Gasteiger partial charge in [-0.3, -0.25) is 14.5 Å². The molecule has 0 radical (unpaired) electrons. The Bertz CT molecular complexity index is 1370. The van der Waals surface area contributed by atoms with Crippen LogP contribution in [-0.4, -0.2) is 37.2 Å². The van der Waals surface area contributed by atoms with E-state index in [1.807, 2.05) is 48.1 Å². The summed E-state index contributed by atoms with van der Waals surface area (Å²) < 4.78 is 3.92. The molecule has 6 heteroatoms. The lowest BCUT2D eigenvalue weighted by atomic mass is 9.95. The maximum Gasteiger partial charge on any atom is 0.271 e. The molecule has 6 nitrogen and oxygen atoms in total. The molecule has 0 atom stereocenters. The standard InChI is InChI=1S/C26H25N5O/c1-4-21-19(6-5-12-27-21)17-7-8-20-23(14-17)31-16-18(22-9-13-28-30(22)3)15-24(31)25(32)29(2)26(20)10-11-26/h5-9,12-16H,4,10-11H2,1-3H3. The molecule has 0 unspecified atom stereocenters. The fourth-order valence-electron chi connectivity index (χ4n) is 5.17. The van der Waals surface area contributed by atoms with Crippen molar-refractivity contribution in [2.24, 2.45) is 7.05 Å². The molecule has 4 aromatic rings. The fourth-order valence-corrected chi connectivity index (χ4v) is 5.17. The monoisotopic (exact) mass is 423 g/mol. The molecule has 4 heterocycles. The summed E-state index contributed by atoms with van der Waals surface area (Å²) in [5.41, 5.74) is 8.10. The van der Waals surface area contributed by atoms with Crippen molar-refractivity contribution < 1.29 is 4.79 Å². The maximum absolute atomic E-state index is 13.6. The predicted octanol–water partition coefficient (Wildman–Crippen LogP) is 4.58. The van der Waals surface area contributed by atoms with Gasteiger partial charge in [-0.25, -0.2) is 0 Å². The second kappa shape index (κ2) is 6.66. The Hall–Kier alpha value is -3.67. The third-order valence-corrected chi connectivity index (χ3v) is 7.12. The summed E-state index contributed by atoms with van der Waals surface area (Å²) in [6.45, 7) is 2.13. The number of pyridine rings is 1. The zero-order valence-corrected chi connectivity index (χ0v) is 18.5. The lowest BCUT2D eigenvalue weighted by molar-refractivity contribution is 0.0705.